The molecule has 0 unspecified atom stereocenters. The summed E-state index contributed by atoms with van der Waals surface area (Å²) in [6, 6.07) is 13.1. The quantitative estimate of drug-likeness (QED) is 0.220. The van der Waals surface area contributed by atoms with Crippen molar-refractivity contribution in [2.75, 3.05) is 42.1 Å². The highest BCUT2D eigenvalue weighted by Crippen LogP contribution is 2.34. The second-order valence-corrected chi connectivity index (χ2v) is 10.6. The molecule has 5 rings (SSSR count). The third-order valence-electron chi connectivity index (χ3n) is 6.31. The van der Waals surface area contributed by atoms with Gasteiger partial charge in [0.1, 0.15) is 11.6 Å². The van der Waals surface area contributed by atoms with Gasteiger partial charge < -0.3 is 24.1 Å². The second kappa shape index (κ2) is 13.0. The molecule has 1 fully saturated rings. The number of urea groups is 1. The SMILES string of the molecule is COCc1ccc(N(C)C)cc1N1C(=O)CSC1=NC(=O)Nc1ccc(-c2nnc(-c3ccc(OC(F)(F)F)cc3)o2)cc1F. The number of halogens is 4. The minimum atomic E-state index is -4.83. The van der Waals surface area contributed by atoms with E-state index in [0.29, 0.717) is 16.8 Å². The van der Waals surface area contributed by atoms with Crippen molar-refractivity contribution >= 4 is 45.9 Å². The van der Waals surface area contributed by atoms with Crippen LogP contribution in [0.1, 0.15) is 5.56 Å². The molecule has 0 aliphatic carbocycles. The lowest BCUT2D eigenvalue weighted by Crippen LogP contribution is -2.31. The molecule has 2 heterocycles. The molecular formula is C29H24F4N6O5S. The highest BCUT2D eigenvalue weighted by Gasteiger charge is 2.33. The van der Waals surface area contributed by atoms with Gasteiger partial charge in [-0.2, -0.15) is 4.99 Å². The molecule has 0 saturated carbocycles. The lowest BCUT2D eigenvalue weighted by atomic mass is 10.1. The summed E-state index contributed by atoms with van der Waals surface area (Å²) >= 11 is 1.07. The maximum Gasteiger partial charge on any atom is 0.573 e. The van der Waals surface area contributed by atoms with E-state index >= 15 is 4.39 Å². The molecule has 0 atom stereocenters. The Balaban J connectivity index is 1.31. The zero-order chi connectivity index (χ0) is 32.3. The summed E-state index contributed by atoms with van der Waals surface area (Å²) in [6.45, 7) is 0.221. The molecule has 0 bridgehead atoms. The van der Waals surface area contributed by atoms with E-state index in [4.69, 9.17) is 9.15 Å². The predicted octanol–water partition coefficient (Wildman–Crippen LogP) is 6.32. The van der Waals surface area contributed by atoms with Crippen LogP contribution in [0.2, 0.25) is 0 Å². The molecule has 11 nitrogen and oxygen atoms in total. The summed E-state index contributed by atoms with van der Waals surface area (Å²) in [6.07, 6.45) is -4.83. The Morgan fingerprint density at radius 2 is 1.76 bits per heavy atom. The summed E-state index contributed by atoms with van der Waals surface area (Å²) in [5, 5.41) is 10.2. The van der Waals surface area contributed by atoms with Gasteiger partial charge in [0.05, 0.1) is 23.7 Å². The number of amides is 3. The number of aromatic nitrogens is 2. The molecule has 0 spiro atoms. The molecule has 45 heavy (non-hydrogen) atoms. The van der Waals surface area contributed by atoms with Crippen LogP contribution in [0, 0.1) is 5.82 Å². The summed E-state index contributed by atoms with van der Waals surface area (Å²) in [5.41, 5.74) is 2.36. The van der Waals surface area contributed by atoms with Gasteiger partial charge in [0, 0.05) is 43.6 Å². The number of amidine groups is 1. The van der Waals surface area contributed by atoms with Crippen LogP contribution in [-0.2, 0) is 16.1 Å². The number of ether oxygens (including phenoxy) is 2. The maximum absolute atomic E-state index is 15.0. The molecule has 3 aromatic carbocycles. The van der Waals surface area contributed by atoms with Crippen molar-refractivity contribution in [3.05, 3.63) is 72.0 Å². The Morgan fingerprint density at radius 3 is 2.40 bits per heavy atom. The number of carbonyl (C=O) groups is 2. The number of rotatable bonds is 8. The third kappa shape index (κ3) is 7.41. The van der Waals surface area contributed by atoms with E-state index in [1.54, 1.807) is 6.07 Å². The van der Waals surface area contributed by atoms with Crippen LogP contribution < -0.4 is 19.9 Å². The first kappa shape index (κ1) is 31.5. The number of aliphatic imine (C=N–C) groups is 1. The molecule has 1 aliphatic heterocycles. The lowest BCUT2D eigenvalue weighted by Gasteiger charge is -2.22. The topological polar surface area (TPSA) is 122 Å². The summed E-state index contributed by atoms with van der Waals surface area (Å²) < 4.78 is 66.9. The van der Waals surface area contributed by atoms with E-state index < -0.39 is 24.0 Å². The number of benzene rings is 3. The minimum absolute atomic E-state index is 0.0184. The van der Waals surface area contributed by atoms with Gasteiger partial charge in [-0.05, 0) is 54.6 Å². The van der Waals surface area contributed by atoms with Gasteiger partial charge in [0.25, 0.3) is 0 Å². The third-order valence-corrected chi connectivity index (χ3v) is 7.23. The normalized spacial score (nSPS) is 14.2. The average Bonchev–Trinajstić information content (AvgIpc) is 3.61. The first-order valence-corrected chi connectivity index (χ1v) is 14.0. The van der Waals surface area contributed by atoms with Crippen LogP contribution in [0.4, 0.5) is 39.4 Å². The summed E-state index contributed by atoms with van der Waals surface area (Å²) in [7, 11) is 5.24. The predicted molar refractivity (Wildman–Crippen MR) is 160 cm³/mol. The van der Waals surface area contributed by atoms with Gasteiger partial charge in [-0.1, -0.05) is 17.8 Å². The van der Waals surface area contributed by atoms with E-state index in [9.17, 15) is 22.8 Å². The molecule has 234 valence electrons. The van der Waals surface area contributed by atoms with Gasteiger partial charge >= 0.3 is 12.4 Å². The van der Waals surface area contributed by atoms with Crippen molar-refractivity contribution in [2.24, 2.45) is 4.99 Å². The van der Waals surface area contributed by atoms with Crippen molar-refractivity contribution in [3.63, 3.8) is 0 Å². The van der Waals surface area contributed by atoms with Gasteiger partial charge in [-0.15, -0.1) is 23.4 Å². The van der Waals surface area contributed by atoms with Crippen LogP contribution in [0.15, 0.2) is 70.1 Å². The fourth-order valence-electron chi connectivity index (χ4n) is 4.23. The van der Waals surface area contributed by atoms with E-state index in [1.165, 1.54) is 36.3 Å². The van der Waals surface area contributed by atoms with E-state index in [1.807, 2.05) is 31.1 Å². The first-order chi connectivity index (χ1) is 21.4. The summed E-state index contributed by atoms with van der Waals surface area (Å²) in [5.74, 6) is -1.56. The number of anilines is 3. The Hall–Kier alpha value is -4.96. The molecule has 16 heteroatoms. The standard InChI is InChI=1S/C29H24F4N6O5S/c1-38(2)19-8-4-18(14-42-3)23(13-19)39-24(40)15-45-28(39)35-27(41)34-22-11-7-17(12-21(22)30)26-37-36-25(43-26)16-5-9-20(10-6-16)44-29(31,32)33/h4-13H,14-15H2,1-3H3,(H,34,41). The number of nitrogens with one attached hydrogen (secondary N) is 1. The minimum Gasteiger partial charge on any atom is -0.416 e. The number of methoxy groups -OCH3 is 1. The first-order valence-electron chi connectivity index (χ1n) is 13.1. The van der Waals surface area contributed by atoms with E-state index in [-0.39, 0.29) is 46.5 Å². The van der Waals surface area contributed by atoms with Crippen molar-refractivity contribution in [2.45, 2.75) is 13.0 Å². The second-order valence-electron chi connectivity index (χ2n) is 9.66. The number of hydrogen-bond donors (Lipinski definition) is 1. The molecule has 1 N–H and O–H groups in total. The summed E-state index contributed by atoms with van der Waals surface area (Å²) in [4.78, 5) is 33.0. The van der Waals surface area contributed by atoms with Crippen LogP contribution in [0.3, 0.4) is 0 Å². The number of alkyl halides is 3. The Morgan fingerprint density at radius 1 is 1.07 bits per heavy atom. The van der Waals surface area contributed by atoms with Crippen LogP contribution in [0.5, 0.6) is 5.75 Å². The fraction of sp³-hybridized carbons (Fsp3) is 0.207. The van der Waals surface area contributed by atoms with Crippen molar-refractivity contribution in [3.8, 4) is 28.7 Å². The van der Waals surface area contributed by atoms with Gasteiger partial charge in [-0.3, -0.25) is 9.69 Å². The Labute approximate surface area is 257 Å². The maximum atomic E-state index is 15.0. The van der Waals surface area contributed by atoms with Crippen molar-refractivity contribution in [1.82, 2.24) is 10.2 Å². The van der Waals surface area contributed by atoms with Crippen molar-refractivity contribution < 1.29 is 41.0 Å². The Bertz CT molecular complexity index is 1760. The molecule has 4 aromatic rings. The Kier molecular flexibility index (Phi) is 9.06. The average molecular weight is 645 g/mol. The molecule has 3 amide bonds. The number of hydrogen-bond acceptors (Lipinski definition) is 9. The molecule has 1 saturated heterocycles. The van der Waals surface area contributed by atoms with Crippen LogP contribution in [-0.4, -0.2) is 60.6 Å². The molecule has 1 aromatic heterocycles. The van der Waals surface area contributed by atoms with Crippen LogP contribution in [0.25, 0.3) is 22.9 Å². The van der Waals surface area contributed by atoms with Gasteiger partial charge in [0.2, 0.25) is 17.7 Å². The highest BCUT2D eigenvalue weighted by atomic mass is 32.2. The molecule has 0 radical (unpaired) electrons. The molecule has 1 aliphatic rings. The zero-order valence-corrected chi connectivity index (χ0v) is 24.7. The smallest absolute Gasteiger partial charge is 0.416 e. The largest absolute Gasteiger partial charge is 0.573 e. The van der Waals surface area contributed by atoms with E-state index in [0.717, 1.165) is 35.6 Å². The monoisotopic (exact) mass is 644 g/mol. The van der Waals surface area contributed by atoms with Crippen molar-refractivity contribution in [1.29, 1.82) is 0 Å². The zero-order valence-electron chi connectivity index (χ0n) is 23.9. The van der Waals surface area contributed by atoms with Gasteiger partial charge in [-0.25, -0.2) is 9.18 Å². The number of thioether (sulfide) groups is 1. The number of carbonyl (C=O) groups excluding carboxylic acids is 2. The molecular weight excluding hydrogens is 620 g/mol. The van der Waals surface area contributed by atoms with E-state index in [2.05, 4.69) is 25.2 Å². The fourth-order valence-corrected chi connectivity index (χ4v) is 5.09. The highest BCUT2D eigenvalue weighted by molar-refractivity contribution is 8.15. The van der Waals surface area contributed by atoms with Crippen LogP contribution >= 0.6 is 11.8 Å². The lowest BCUT2D eigenvalue weighted by molar-refractivity contribution is -0.274. The number of nitrogens with zero attached hydrogens (tertiary/aromatic N) is 5. The van der Waals surface area contributed by atoms with Gasteiger partial charge in [0.15, 0.2) is 5.17 Å².